The third kappa shape index (κ3) is 3.49. The molecule has 0 N–H and O–H groups in total. The molecule has 0 amide bonds. The second-order valence-corrected chi connectivity index (χ2v) is 4.25. The zero-order valence-electron chi connectivity index (χ0n) is 9.12. The second kappa shape index (κ2) is 5.58. The van der Waals surface area contributed by atoms with E-state index < -0.39 is 12.1 Å². The zero-order valence-corrected chi connectivity index (χ0v) is 9.87. The van der Waals surface area contributed by atoms with E-state index in [1.807, 2.05) is 0 Å². The lowest BCUT2D eigenvalue weighted by Crippen LogP contribution is -2.15. The summed E-state index contributed by atoms with van der Waals surface area (Å²) in [7, 11) is 0. The molecule has 1 heterocycles. The summed E-state index contributed by atoms with van der Waals surface area (Å²) in [5.41, 5.74) is 0.606. The first-order chi connectivity index (χ1) is 8.15. The van der Waals surface area contributed by atoms with E-state index >= 15 is 0 Å². The van der Waals surface area contributed by atoms with Crippen molar-refractivity contribution in [1.82, 2.24) is 0 Å². The Morgan fingerprint density at radius 1 is 1.41 bits per heavy atom. The molecule has 17 heavy (non-hydrogen) atoms. The third-order valence-electron chi connectivity index (χ3n) is 2.47. The van der Waals surface area contributed by atoms with Crippen LogP contribution in [0.3, 0.4) is 0 Å². The molecule has 0 saturated carbocycles. The Bertz CT molecular complexity index is 416. The van der Waals surface area contributed by atoms with Crippen LogP contribution < -0.4 is 0 Å². The highest BCUT2D eigenvalue weighted by molar-refractivity contribution is 6.30. The van der Waals surface area contributed by atoms with E-state index in [1.54, 1.807) is 6.07 Å². The van der Waals surface area contributed by atoms with Crippen LogP contribution in [0.4, 0.5) is 4.39 Å². The molecule has 1 saturated heterocycles. The molecule has 1 fully saturated rings. The predicted molar refractivity (Wildman–Crippen MR) is 60.4 cm³/mol. The van der Waals surface area contributed by atoms with Crippen molar-refractivity contribution in [3.63, 3.8) is 0 Å². The first kappa shape index (κ1) is 12.5. The van der Waals surface area contributed by atoms with Gasteiger partial charge in [-0.2, -0.15) is 0 Å². The smallest absolute Gasteiger partial charge is 0.164 e. The molecule has 92 valence electrons. The molecule has 3 nitrogen and oxygen atoms in total. The van der Waals surface area contributed by atoms with Gasteiger partial charge in [0, 0.05) is 6.42 Å². The van der Waals surface area contributed by atoms with Crippen LogP contribution in [0, 0.1) is 5.82 Å². The van der Waals surface area contributed by atoms with Gasteiger partial charge in [0.25, 0.3) is 0 Å². The maximum atomic E-state index is 13.1. The van der Waals surface area contributed by atoms with Gasteiger partial charge >= 0.3 is 0 Å². The van der Waals surface area contributed by atoms with Crippen molar-refractivity contribution >= 4 is 17.4 Å². The Hall–Kier alpha value is -0.970. The van der Waals surface area contributed by atoms with Crippen molar-refractivity contribution in [2.45, 2.75) is 19.1 Å². The first-order valence-corrected chi connectivity index (χ1v) is 5.72. The first-order valence-electron chi connectivity index (χ1n) is 5.34. The molecule has 1 aliphatic rings. The quantitative estimate of drug-likeness (QED) is 0.832. The van der Waals surface area contributed by atoms with Crippen molar-refractivity contribution in [3.05, 3.63) is 34.6 Å². The van der Waals surface area contributed by atoms with Gasteiger partial charge in [0.05, 0.1) is 24.7 Å². The number of halogens is 2. The molecule has 0 spiro atoms. The highest BCUT2D eigenvalue weighted by Crippen LogP contribution is 2.17. The third-order valence-corrected chi connectivity index (χ3v) is 2.78. The van der Waals surface area contributed by atoms with Gasteiger partial charge in [0.1, 0.15) is 11.6 Å². The molecular formula is C12H12ClFO3. The van der Waals surface area contributed by atoms with Crippen molar-refractivity contribution in [3.8, 4) is 0 Å². The fourth-order valence-electron chi connectivity index (χ4n) is 1.66. The van der Waals surface area contributed by atoms with E-state index in [2.05, 4.69) is 0 Å². The van der Waals surface area contributed by atoms with Gasteiger partial charge in [-0.3, -0.25) is 4.79 Å². The Morgan fingerprint density at radius 2 is 2.12 bits per heavy atom. The minimum Gasteiger partial charge on any atom is -0.350 e. The van der Waals surface area contributed by atoms with E-state index in [0.717, 1.165) is 0 Å². The average Bonchev–Trinajstić information content (AvgIpc) is 2.76. The summed E-state index contributed by atoms with van der Waals surface area (Å²) >= 11 is 5.55. The highest BCUT2D eigenvalue weighted by Gasteiger charge is 2.19. The number of Topliss-reactive ketones (excluding diaryl/α,β-unsaturated/α-hetero) is 1. The van der Waals surface area contributed by atoms with Crippen LogP contribution in [0.15, 0.2) is 18.2 Å². The van der Waals surface area contributed by atoms with E-state index in [4.69, 9.17) is 21.1 Å². The number of carbonyl (C=O) groups is 1. The van der Waals surface area contributed by atoms with E-state index in [1.165, 1.54) is 12.1 Å². The Kier molecular flexibility index (Phi) is 4.10. The molecule has 0 aliphatic carbocycles. The van der Waals surface area contributed by atoms with Gasteiger partial charge in [0.15, 0.2) is 6.29 Å². The molecule has 0 atom stereocenters. The summed E-state index contributed by atoms with van der Waals surface area (Å²) in [6.45, 7) is 1.04. The minimum absolute atomic E-state index is 0.0429. The fraction of sp³-hybridized carbons (Fsp3) is 0.417. The number of rotatable bonds is 4. The van der Waals surface area contributed by atoms with Crippen LogP contribution in [0.1, 0.15) is 12.0 Å². The maximum Gasteiger partial charge on any atom is 0.164 e. The molecule has 1 aromatic carbocycles. The largest absolute Gasteiger partial charge is 0.350 e. The van der Waals surface area contributed by atoms with Crippen LogP contribution >= 0.6 is 11.6 Å². The van der Waals surface area contributed by atoms with Gasteiger partial charge < -0.3 is 9.47 Å². The summed E-state index contributed by atoms with van der Waals surface area (Å²) in [4.78, 5) is 11.6. The SMILES string of the molecule is O=C(Cc1ccc(Cl)c(F)c1)CC1OCCO1. The lowest BCUT2D eigenvalue weighted by atomic mass is 10.1. The lowest BCUT2D eigenvalue weighted by molar-refractivity contribution is -0.126. The number of ketones is 1. The standard InChI is InChI=1S/C12H12ClFO3/c13-10-2-1-8(6-11(10)14)5-9(15)7-12-16-3-4-17-12/h1-2,6,12H,3-5,7H2. The van der Waals surface area contributed by atoms with Crippen LogP contribution in [0.5, 0.6) is 0 Å². The number of hydrogen-bond donors (Lipinski definition) is 0. The summed E-state index contributed by atoms with van der Waals surface area (Å²) < 4.78 is 23.5. The van der Waals surface area contributed by atoms with Gasteiger partial charge in [-0.15, -0.1) is 0 Å². The van der Waals surface area contributed by atoms with E-state index in [0.29, 0.717) is 18.8 Å². The van der Waals surface area contributed by atoms with Crippen LogP contribution in [0.25, 0.3) is 0 Å². The predicted octanol–water partition coefficient (Wildman–Crippen LogP) is 2.35. The zero-order chi connectivity index (χ0) is 12.3. The van der Waals surface area contributed by atoms with Crippen LogP contribution in [-0.2, 0) is 20.7 Å². The fourth-order valence-corrected chi connectivity index (χ4v) is 1.78. The van der Waals surface area contributed by atoms with Crippen molar-refractivity contribution in [2.75, 3.05) is 13.2 Å². The molecule has 1 aromatic rings. The molecule has 1 aliphatic heterocycles. The summed E-state index contributed by atoms with van der Waals surface area (Å²) in [6.07, 6.45) is -0.0821. The molecule has 5 heteroatoms. The summed E-state index contributed by atoms with van der Waals surface area (Å²) in [6, 6.07) is 4.36. The van der Waals surface area contributed by atoms with Crippen molar-refractivity contribution in [1.29, 1.82) is 0 Å². The molecule has 0 unspecified atom stereocenters. The Labute approximate surface area is 103 Å². The summed E-state index contributed by atoms with van der Waals surface area (Å²) in [5.74, 6) is -0.552. The topological polar surface area (TPSA) is 35.5 Å². The molecule has 2 rings (SSSR count). The number of benzene rings is 1. The van der Waals surface area contributed by atoms with Gasteiger partial charge in [-0.05, 0) is 17.7 Å². The Balaban J connectivity index is 1.90. The number of ether oxygens (including phenoxy) is 2. The summed E-state index contributed by atoms with van der Waals surface area (Å²) in [5, 5.41) is 0.0589. The van der Waals surface area contributed by atoms with Crippen molar-refractivity contribution < 1.29 is 18.7 Å². The van der Waals surface area contributed by atoms with Gasteiger partial charge in [0.2, 0.25) is 0 Å². The van der Waals surface area contributed by atoms with Crippen LogP contribution in [-0.4, -0.2) is 25.3 Å². The van der Waals surface area contributed by atoms with E-state index in [-0.39, 0.29) is 23.6 Å². The molecule has 0 radical (unpaired) electrons. The highest BCUT2D eigenvalue weighted by atomic mass is 35.5. The maximum absolute atomic E-state index is 13.1. The Morgan fingerprint density at radius 3 is 2.76 bits per heavy atom. The number of hydrogen-bond acceptors (Lipinski definition) is 3. The van der Waals surface area contributed by atoms with Crippen molar-refractivity contribution in [2.24, 2.45) is 0 Å². The lowest BCUT2D eigenvalue weighted by Gasteiger charge is -2.08. The van der Waals surface area contributed by atoms with Crippen LogP contribution in [0.2, 0.25) is 5.02 Å². The molecular weight excluding hydrogens is 247 g/mol. The molecule has 0 aromatic heterocycles. The van der Waals surface area contributed by atoms with Gasteiger partial charge in [-0.25, -0.2) is 4.39 Å². The normalized spacial score (nSPS) is 16.4. The van der Waals surface area contributed by atoms with Gasteiger partial charge in [-0.1, -0.05) is 17.7 Å². The monoisotopic (exact) mass is 258 g/mol. The number of carbonyl (C=O) groups excluding carboxylic acids is 1. The minimum atomic E-state index is -0.509. The van der Waals surface area contributed by atoms with E-state index in [9.17, 15) is 9.18 Å². The average molecular weight is 259 g/mol. The second-order valence-electron chi connectivity index (χ2n) is 3.84. The molecule has 0 bridgehead atoms.